The third-order valence-electron chi connectivity index (χ3n) is 2.25. The third kappa shape index (κ3) is 2.31. The van der Waals surface area contributed by atoms with E-state index >= 15 is 0 Å². The molecule has 1 heterocycles. The van der Waals surface area contributed by atoms with Crippen molar-refractivity contribution in [1.82, 2.24) is 0 Å². The van der Waals surface area contributed by atoms with Crippen LogP contribution < -0.4 is 11.1 Å². The lowest BCUT2D eigenvalue weighted by atomic mass is 10.2. The van der Waals surface area contributed by atoms with E-state index in [1.807, 2.05) is 6.07 Å². The van der Waals surface area contributed by atoms with Gasteiger partial charge in [0.1, 0.15) is 10.7 Å². The van der Waals surface area contributed by atoms with Gasteiger partial charge in [0, 0.05) is 0 Å². The summed E-state index contributed by atoms with van der Waals surface area (Å²) in [7, 11) is 0. The number of hydrogen-bond acceptors (Lipinski definition) is 4. The second-order valence-electron chi connectivity index (χ2n) is 3.47. The first-order valence-corrected chi connectivity index (χ1v) is 5.83. The van der Waals surface area contributed by atoms with Gasteiger partial charge in [-0.2, -0.15) is 5.26 Å². The zero-order valence-electron chi connectivity index (χ0n) is 9.11. The highest BCUT2D eigenvalue weighted by molar-refractivity contribution is 7.12. The zero-order valence-corrected chi connectivity index (χ0v) is 9.92. The molecule has 0 unspecified atom stereocenters. The lowest BCUT2D eigenvalue weighted by Crippen LogP contribution is -2.13. The Morgan fingerprint density at radius 3 is 2.78 bits per heavy atom. The third-order valence-corrected chi connectivity index (χ3v) is 3.18. The summed E-state index contributed by atoms with van der Waals surface area (Å²) in [5.41, 5.74) is 6.16. The number of anilines is 2. The van der Waals surface area contributed by atoms with E-state index in [4.69, 9.17) is 11.0 Å². The first kappa shape index (κ1) is 12.1. The van der Waals surface area contributed by atoms with Gasteiger partial charge in [-0.15, -0.1) is 11.3 Å². The van der Waals surface area contributed by atoms with E-state index in [0.717, 1.165) is 6.07 Å². The van der Waals surface area contributed by atoms with Crippen LogP contribution in [0.2, 0.25) is 0 Å². The number of amides is 1. The summed E-state index contributed by atoms with van der Waals surface area (Å²) in [6.07, 6.45) is 0. The number of carbonyl (C=O) groups excluding carboxylic acids is 1. The van der Waals surface area contributed by atoms with Crippen molar-refractivity contribution in [3.63, 3.8) is 0 Å². The number of thiophene rings is 1. The van der Waals surface area contributed by atoms with Crippen molar-refractivity contribution in [1.29, 1.82) is 5.26 Å². The molecule has 0 saturated carbocycles. The molecule has 0 aliphatic rings. The van der Waals surface area contributed by atoms with Gasteiger partial charge in [0.15, 0.2) is 0 Å². The van der Waals surface area contributed by atoms with Gasteiger partial charge < -0.3 is 11.1 Å². The molecule has 0 radical (unpaired) electrons. The van der Waals surface area contributed by atoms with E-state index in [0.29, 0.717) is 10.6 Å². The summed E-state index contributed by atoms with van der Waals surface area (Å²) < 4.78 is 13.5. The lowest BCUT2D eigenvalue weighted by Gasteiger charge is -2.05. The monoisotopic (exact) mass is 261 g/mol. The second kappa shape index (κ2) is 4.85. The van der Waals surface area contributed by atoms with Crippen molar-refractivity contribution >= 4 is 28.6 Å². The highest BCUT2D eigenvalue weighted by Crippen LogP contribution is 2.22. The van der Waals surface area contributed by atoms with Gasteiger partial charge in [0.25, 0.3) is 5.91 Å². The van der Waals surface area contributed by atoms with E-state index in [1.54, 1.807) is 11.4 Å². The van der Waals surface area contributed by atoms with Crippen LogP contribution in [0.3, 0.4) is 0 Å². The van der Waals surface area contributed by atoms with E-state index in [-0.39, 0.29) is 11.3 Å². The fraction of sp³-hybridized carbons (Fsp3) is 0. The first-order chi connectivity index (χ1) is 8.61. The van der Waals surface area contributed by atoms with Crippen molar-refractivity contribution in [2.45, 2.75) is 0 Å². The summed E-state index contributed by atoms with van der Waals surface area (Å²) in [5.74, 6) is -1.12. The zero-order chi connectivity index (χ0) is 13.1. The second-order valence-corrected chi connectivity index (χ2v) is 4.38. The molecular formula is C12H8FN3OS. The molecule has 18 heavy (non-hydrogen) atoms. The quantitative estimate of drug-likeness (QED) is 0.872. The Labute approximate surface area is 106 Å². The minimum absolute atomic E-state index is 0.0202. The summed E-state index contributed by atoms with van der Waals surface area (Å²) in [6, 6.07) is 7.25. The topological polar surface area (TPSA) is 78.9 Å². The maximum atomic E-state index is 13.5. The Morgan fingerprint density at radius 1 is 1.44 bits per heavy atom. The Bertz CT molecular complexity index is 645. The molecule has 90 valence electrons. The van der Waals surface area contributed by atoms with Gasteiger partial charge in [-0.3, -0.25) is 4.79 Å². The molecule has 3 N–H and O–H groups in total. The Kier molecular flexibility index (Phi) is 3.26. The van der Waals surface area contributed by atoms with E-state index < -0.39 is 11.7 Å². The average molecular weight is 261 g/mol. The van der Waals surface area contributed by atoms with Crippen LogP contribution in [0.4, 0.5) is 15.8 Å². The molecule has 0 fully saturated rings. The fourth-order valence-corrected chi connectivity index (χ4v) is 2.08. The van der Waals surface area contributed by atoms with Crippen LogP contribution >= 0.6 is 11.3 Å². The SMILES string of the molecule is N#Cc1ccc(NC(=O)c2sccc2N)c(F)c1. The summed E-state index contributed by atoms with van der Waals surface area (Å²) in [5, 5.41) is 12.7. The normalized spacial score (nSPS) is 9.78. The molecule has 2 aromatic rings. The molecule has 0 bridgehead atoms. The number of rotatable bonds is 2. The van der Waals surface area contributed by atoms with Crippen molar-refractivity contribution < 1.29 is 9.18 Å². The Balaban J connectivity index is 2.23. The van der Waals surface area contributed by atoms with Crippen molar-refractivity contribution in [3.8, 4) is 6.07 Å². The number of carbonyl (C=O) groups is 1. The molecule has 1 amide bonds. The fourth-order valence-electron chi connectivity index (χ4n) is 1.37. The molecule has 0 atom stereocenters. The summed E-state index contributed by atoms with van der Waals surface area (Å²) in [6.45, 7) is 0. The number of nitriles is 1. The molecule has 0 aliphatic heterocycles. The molecule has 2 rings (SSSR count). The van der Waals surface area contributed by atoms with Crippen LogP contribution in [0.15, 0.2) is 29.6 Å². The number of nitrogen functional groups attached to an aromatic ring is 1. The number of nitrogens with zero attached hydrogens (tertiary/aromatic N) is 1. The number of nitrogens with two attached hydrogens (primary N) is 1. The van der Waals surface area contributed by atoms with Crippen LogP contribution in [0.5, 0.6) is 0 Å². The van der Waals surface area contributed by atoms with E-state index in [1.165, 1.54) is 23.5 Å². The van der Waals surface area contributed by atoms with Crippen LogP contribution in [0.1, 0.15) is 15.2 Å². The van der Waals surface area contributed by atoms with Gasteiger partial charge in [-0.1, -0.05) is 0 Å². The minimum atomic E-state index is -0.655. The van der Waals surface area contributed by atoms with Crippen LogP contribution in [0.25, 0.3) is 0 Å². The minimum Gasteiger partial charge on any atom is -0.397 e. The van der Waals surface area contributed by atoms with Crippen molar-refractivity contribution in [3.05, 3.63) is 45.9 Å². The van der Waals surface area contributed by atoms with Crippen LogP contribution in [-0.4, -0.2) is 5.91 Å². The standard InChI is InChI=1S/C12H8FN3OS/c13-8-5-7(6-14)1-2-10(8)16-12(17)11-9(15)3-4-18-11/h1-5H,15H2,(H,16,17). The molecule has 4 nitrogen and oxygen atoms in total. The first-order valence-electron chi connectivity index (χ1n) is 4.96. The smallest absolute Gasteiger partial charge is 0.267 e. The maximum Gasteiger partial charge on any atom is 0.267 e. The van der Waals surface area contributed by atoms with Gasteiger partial charge >= 0.3 is 0 Å². The highest BCUT2D eigenvalue weighted by Gasteiger charge is 2.13. The number of hydrogen-bond donors (Lipinski definition) is 2. The van der Waals surface area contributed by atoms with Gasteiger partial charge in [0.2, 0.25) is 0 Å². The molecule has 0 spiro atoms. The van der Waals surface area contributed by atoms with Gasteiger partial charge in [0.05, 0.1) is 23.0 Å². The van der Waals surface area contributed by atoms with Crippen molar-refractivity contribution in [2.75, 3.05) is 11.1 Å². The molecule has 1 aromatic heterocycles. The molecule has 0 aliphatic carbocycles. The van der Waals surface area contributed by atoms with E-state index in [9.17, 15) is 9.18 Å². The average Bonchev–Trinajstić information content (AvgIpc) is 2.78. The summed E-state index contributed by atoms with van der Waals surface area (Å²) in [4.78, 5) is 12.1. The molecule has 6 heteroatoms. The molecule has 1 aromatic carbocycles. The van der Waals surface area contributed by atoms with Gasteiger partial charge in [-0.25, -0.2) is 4.39 Å². The largest absolute Gasteiger partial charge is 0.397 e. The summed E-state index contributed by atoms with van der Waals surface area (Å²) >= 11 is 1.18. The Morgan fingerprint density at radius 2 is 2.22 bits per heavy atom. The van der Waals surface area contributed by atoms with Crippen LogP contribution in [-0.2, 0) is 0 Å². The predicted octanol–water partition coefficient (Wildman–Crippen LogP) is 2.59. The highest BCUT2D eigenvalue weighted by atomic mass is 32.1. The predicted molar refractivity (Wildman–Crippen MR) is 67.8 cm³/mol. The molecular weight excluding hydrogens is 253 g/mol. The van der Waals surface area contributed by atoms with Crippen LogP contribution in [0, 0.1) is 17.1 Å². The number of nitrogens with one attached hydrogen (secondary N) is 1. The number of halogens is 1. The Hall–Kier alpha value is -2.39. The van der Waals surface area contributed by atoms with Crippen molar-refractivity contribution in [2.24, 2.45) is 0 Å². The van der Waals surface area contributed by atoms with Gasteiger partial charge in [-0.05, 0) is 29.6 Å². The maximum absolute atomic E-state index is 13.5. The lowest BCUT2D eigenvalue weighted by molar-refractivity contribution is 0.103. The molecule has 0 saturated heterocycles. The number of benzene rings is 1. The van der Waals surface area contributed by atoms with E-state index in [2.05, 4.69) is 5.32 Å².